The van der Waals surface area contributed by atoms with E-state index in [1.54, 1.807) is 0 Å². The fourth-order valence-electron chi connectivity index (χ4n) is 2.45. The van der Waals surface area contributed by atoms with Gasteiger partial charge in [0.25, 0.3) is 0 Å². The summed E-state index contributed by atoms with van der Waals surface area (Å²) in [4.78, 5) is 2.39. The van der Waals surface area contributed by atoms with Gasteiger partial charge in [-0.2, -0.15) is 0 Å². The van der Waals surface area contributed by atoms with Gasteiger partial charge in [0.1, 0.15) is 0 Å². The third kappa shape index (κ3) is 5.23. The molecule has 1 fully saturated rings. The number of rotatable bonds is 8. The van der Waals surface area contributed by atoms with Gasteiger partial charge in [0.05, 0.1) is 18.8 Å². The van der Waals surface area contributed by atoms with Crippen LogP contribution in [0.5, 0.6) is 0 Å². The Morgan fingerprint density at radius 1 is 1.35 bits per heavy atom. The molecule has 1 aromatic rings. The molecular formula is C17H27NO2. The minimum absolute atomic E-state index is 0.177. The Morgan fingerprint density at radius 2 is 2.10 bits per heavy atom. The van der Waals surface area contributed by atoms with Gasteiger partial charge < -0.3 is 9.84 Å². The van der Waals surface area contributed by atoms with Gasteiger partial charge >= 0.3 is 0 Å². The van der Waals surface area contributed by atoms with Crippen LogP contribution in [0.3, 0.4) is 0 Å². The lowest BCUT2D eigenvalue weighted by molar-refractivity contribution is -0.0107. The first-order valence-electron chi connectivity index (χ1n) is 7.64. The van der Waals surface area contributed by atoms with E-state index < -0.39 is 6.10 Å². The molecule has 1 saturated carbocycles. The molecule has 0 radical (unpaired) electrons. The predicted octanol–water partition coefficient (Wildman–Crippen LogP) is 2.75. The second kappa shape index (κ2) is 7.21. The number of hydrogen-bond acceptors (Lipinski definition) is 3. The third-order valence-electron chi connectivity index (χ3n) is 3.60. The topological polar surface area (TPSA) is 32.7 Å². The average Bonchev–Trinajstić information content (AvgIpc) is 3.20. The molecule has 1 N–H and O–H groups in total. The molecule has 1 aliphatic rings. The van der Waals surface area contributed by atoms with Crippen molar-refractivity contribution in [3.05, 3.63) is 35.4 Å². The van der Waals surface area contributed by atoms with Gasteiger partial charge in [-0.1, -0.05) is 29.8 Å². The summed E-state index contributed by atoms with van der Waals surface area (Å²) >= 11 is 0. The van der Waals surface area contributed by atoms with E-state index in [0.717, 1.165) is 6.54 Å². The van der Waals surface area contributed by atoms with E-state index in [1.807, 2.05) is 13.8 Å². The highest BCUT2D eigenvalue weighted by Gasteiger charge is 2.30. The smallest absolute Gasteiger partial charge is 0.0900 e. The van der Waals surface area contributed by atoms with Crippen LogP contribution in [0.2, 0.25) is 0 Å². The molecule has 0 unspecified atom stereocenters. The van der Waals surface area contributed by atoms with Crippen molar-refractivity contribution >= 4 is 0 Å². The SMILES string of the molecule is Cc1cccc(CN(C[C@H](O)COC(C)C)C2CC2)c1. The highest BCUT2D eigenvalue weighted by Crippen LogP contribution is 2.28. The quantitative estimate of drug-likeness (QED) is 0.793. The lowest BCUT2D eigenvalue weighted by Gasteiger charge is -2.25. The maximum absolute atomic E-state index is 10.1. The number of hydrogen-bond donors (Lipinski definition) is 1. The predicted molar refractivity (Wildman–Crippen MR) is 81.7 cm³/mol. The van der Waals surface area contributed by atoms with Gasteiger partial charge in [-0.25, -0.2) is 0 Å². The molecule has 0 spiro atoms. The van der Waals surface area contributed by atoms with Crippen molar-refractivity contribution in [2.45, 2.75) is 58.4 Å². The van der Waals surface area contributed by atoms with Crippen LogP contribution < -0.4 is 0 Å². The lowest BCUT2D eigenvalue weighted by atomic mass is 10.1. The van der Waals surface area contributed by atoms with Crippen LogP contribution in [0.15, 0.2) is 24.3 Å². The van der Waals surface area contributed by atoms with Gasteiger partial charge in [-0.3, -0.25) is 4.90 Å². The van der Waals surface area contributed by atoms with E-state index in [4.69, 9.17) is 4.74 Å². The molecule has 0 aromatic heterocycles. The summed E-state index contributed by atoms with van der Waals surface area (Å²) in [7, 11) is 0. The summed E-state index contributed by atoms with van der Waals surface area (Å²) in [6.45, 7) is 8.16. The molecule has 0 heterocycles. The molecule has 1 aliphatic carbocycles. The number of nitrogens with zero attached hydrogens (tertiary/aromatic N) is 1. The number of aryl methyl sites for hydroxylation is 1. The Morgan fingerprint density at radius 3 is 2.70 bits per heavy atom. The molecule has 2 rings (SSSR count). The molecule has 0 aliphatic heterocycles. The Hall–Kier alpha value is -0.900. The molecule has 0 amide bonds. The van der Waals surface area contributed by atoms with Crippen LogP contribution >= 0.6 is 0 Å². The van der Waals surface area contributed by atoms with E-state index in [2.05, 4.69) is 36.1 Å². The highest BCUT2D eigenvalue weighted by atomic mass is 16.5. The van der Waals surface area contributed by atoms with Crippen molar-refractivity contribution in [3.63, 3.8) is 0 Å². The van der Waals surface area contributed by atoms with Gasteiger partial charge in [0.2, 0.25) is 0 Å². The molecule has 1 atom stereocenters. The van der Waals surface area contributed by atoms with Crippen molar-refractivity contribution in [1.29, 1.82) is 0 Å². The second-order valence-corrected chi connectivity index (χ2v) is 6.19. The summed E-state index contributed by atoms with van der Waals surface area (Å²) in [5.74, 6) is 0. The zero-order valence-corrected chi connectivity index (χ0v) is 12.9. The summed E-state index contributed by atoms with van der Waals surface area (Å²) < 4.78 is 5.50. The van der Waals surface area contributed by atoms with Gasteiger partial charge in [0, 0.05) is 19.1 Å². The summed E-state index contributed by atoms with van der Waals surface area (Å²) in [6, 6.07) is 9.26. The molecular weight excluding hydrogens is 250 g/mol. The number of aliphatic hydroxyl groups excluding tert-OH is 1. The van der Waals surface area contributed by atoms with Crippen LogP contribution in [0.1, 0.15) is 37.8 Å². The van der Waals surface area contributed by atoms with E-state index >= 15 is 0 Å². The Balaban J connectivity index is 1.87. The molecule has 20 heavy (non-hydrogen) atoms. The average molecular weight is 277 g/mol. The monoisotopic (exact) mass is 277 g/mol. The Kier molecular flexibility index (Phi) is 5.58. The van der Waals surface area contributed by atoms with Crippen LogP contribution in [0, 0.1) is 6.92 Å². The van der Waals surface area contributed by atoms with E-state index in [0.29, 0.717) is 19.2 Å². The summed E-state index contributed by atoms with van der Waals surface area (Å²) in [5.41, 5.74) is 2.62. The molecule has 112 valence electrons. The fraction of sp³-hybridized carbons (Fsp3) is 0.647. The maximum atomic E-state index is 10.1. The van der Waals surface area contributed by atoms with E-state index in [-0.39, 0.29) is 6.10 Å². The highest BCUT2D eigenvalue weighted by molar-refractivity contribution is 5.22. The normalized spacial score (nSPS) is 16.9. The maximum Gasteiger partial charge on any atom is 0.0900 e. The van der Waals surface area contributed by atoms with E-state index in [1.165, 1.54) is 24.0 Å². The van der Waals surface area contributed by atoms with Gasteiger partial charge in [-0.15, -0.1) is 0 Å². The van der Waals surface area contributed by atoms with Crippen molar-refractivity contribution < 1.29 is 9.84 Å². The van der Waals surface area contributed by atoms with Crippen molar-refractivity contribution in [2.75, 3.05) is 13.2 Å². The zero-order chi connectivity index (χ0) is 14.5. The van der Waals surface area contributed by atoms with Crippen LogP contribution in [0.25, 0.3) is 0 Å². The van der Waals surface area contributed by atoms with Crippen molar-refractivity contribution in [3.8, 4) is 0 Å². The third-order valence-corrected chi connectivity index (χ3v) is 3.60. The fourth-order valence-corrected chi connectivity index (χ4v) is 2.45. The first kappa shape index (κ1) is 15.5. The first-order valence-corrected chi connectivity index (χ1v) is 7.64. The molecule has 0 bridgehead atoms. The minimum atomic E-state index is -0.400. The molecule has 0 saturated heterocycles. The first-order chi connectivity index (χ1) is 9.54. The molecule has 3 nitrogen and oxygen atoms in total. The van der Waals surface area contributed by atoms with Crippen molar-refractivity contribution in [1.82, 2.24) is 4.90 Å². The van der Waals surface area contributed by atoms with Crippen molar-refractivity contribution in [2.24, 2.45) is 0 Å². The minimum Gasteiger partial charge on any atom is -0.389 e. The summed E-state index contributed by atoms with van der Waals surface area (Å²) in [5, 5.41) is 10.1. The zero-order valence-electron chi connectivity index (χ0n) is 12.9. The Bertz CT molecular complexity index is 415. The largest absolute Gasteiger partial charge is 0.389 e. The van der Waals surface area contributed by atoms with Gasteiger partial charge in [-0.05, 0) is 39.2 Å². The number of benzene rings is 1. The number of aliphatic hydroxyl groups is 1. The second-order valence-electron chi connectivity index (χ2n) is 6.19. The lowest BCUT2D eigenvalue weighted by Crippen LogP contribution is -2.36. The van der Waals surface area contributed by atoms with Crippen LogP contribution in [-0.2, 0) is 11.3 Å². The van der Waals surface area contributed by atoms with Crippen LogP contribution in [-0.4, -0.2) is 41.4 Å². The Labute approximate surface area is 122 Å². The van der Waals surface area contributed by atoms with Gasteiger partial charge in [0.15, 0.2) is 0 Å². The molecule has 3 heteroatoms. The van der Waals surface area contributed by atoms with E-state index in [9.17, 15) is 5.11 Å². The summed E-state index contributed by atoms with van der Waals surface area (Å²) in [6.07, 6.45) is 2.28. The standard InChI is InChI=1S/C17H27NO2/c1-13(2)20-12-17(19)11-18(16-7-8-16)10-15-6-4-5-14(3)9-15/h4-6,9,13,16-17,19H,7-8,10-12H2,1-3H3/t17-/m0/s1. The van der Waals surface area contributed by atoms with Crippen LogP contribution in [0.4, 0.5) is 0 Å². The number of ether oxygens (including phenoxy) is 1. The molecule has 1 aromatic carbocycles.